The van der Waals surface area contributed by atoms with Crippen LogP contribution in [0.25, 0.3) is 0 Å². The number of aryl methyl sites for hydroxylation is 1. The molecular formula is C17H23NO3. The average Bonchev–Trinajstić information content (AvgIpc) is 2.47. The maximum Gasteiger partial charge on any atom is 0.306 e. The number of ether oxygens (including phenoxy) is 1. The van der Waals surface area contributed by atoms with Crippen LogP contribution in [0.1, 0.15) is 36.3 Å². The summed E-state index contributed by atoms with van der Waals surface area (Å²) in [7, 11) is 0. The second-order valence-electron chi connectivity index (χ2n) is 6.14. The van der Waals surface area contributed by atoms with Gasteiger partial charge in [-0.25, -0.2) is 0 Å². The SMILES string of the molecule is O=C(O)CC1CN(CC2CCCc3ccccc32)CCO1. The molecule has 2 unspecified atom stereocenters. The van der Waals surface area contributed by atoms with Crippen molar-refractivity contribution in [3.63, 3.8) is 0 Å². The molecule has 1 fully saturated rings. The van der Waals surface area contributed by atoms with E-state index in [-0.39, 0.29) is 12.5 Å². The number of aliphatic carboxylic acids is 1. The number of carboxylic acids is 1. The van der Waals surface area contributed by atoms with Crippen LogP contribution in [-0.2, 0) is 16.0 Å². The number of benzene rings is 1. The highest BCUT2D eigenvalue weighted by atomic mass is 16.5. The van der Waals surface area contributed by atoms with E-state index in [1.807, 2.05) is 0 Å². The minimum atomic E-state index is -0.773. The summed E-state index contributed by atoms with van der Waals surface area (Å²) in [6.45, 7) is 3.32. The number of fused-ring (bicyclic) bond motifs is 1. The van der Waals surface area contributed by atoms with Gasteiger partial charge in [-0.1, -0.05) is 24.3 Å². The smallest absolute Gasteiger partial charge is 0.306 e. The van der Waals surface area contributed by atoms with E-state index in [1.165, 1.54) is 30.4 Å². The van der Waals surface area contributed by atoms with Crippen molar-refractivity contribution in [3.05, 3.63) is 35.4 Å². The Bertz CT molecular complexity index is 503. The first kappa shape index (κ1) is 14.5. The molecule has 0 amide bonds. The zero-order chi connectivity index (χ0) is 14.7. The third kappa shape index (κ3) is 3.63. The molecule has 4 heteroatoms. The lowest BCUT2D eigenvalue weighted by Crippen LogP contribution is -2.45. The van der Waals surface area contributed by atoms with Crippen LogP contribution in [-0.4, -0.2) is 48.3 Å². The molecule has 0 saturated carbocycles. The zero-order valence-electron chi connectivity index (χ0n) is 12.3. The Morgan fingerprint density at radius 2 is 2.24 bits per heavy atom. The van der Waals surface area contributed by atoms with Gasteiger partial charge in [0, 0.05) is 19.6 Å². The fraction of sp³-hybridized carbons (Fsp3) is 0.588. The molecule has 2 aliphatic rings. The topological polar surface area (TPSA) is 49.8 Å². The van der Waals surface area contributed by atoms with Crippen LogP contribution >= 0.6 is 0 Å². The molecule has 1 N–H and O–H groups in total. The summed E-state index contributed by atoms with van der Waals surface area (Å²) < 4.78 is 5.56. The Labute approximate surface area is 125 Å². The second-order valence-corrected chi connectivity index (χ2v) is 6.14. The summed E-state index contributed by atoms with van der Waals surface area (Å²) in [4.78, 5) is 13.2. The van der Waals surface area contributed by atoms with Gasteiger partial charge in [0.25, 0.3) is 0 Å². The van der Waals surface area contributed by atoms with Crippen LogP contribution in [0.2, 0.25) is 0 Å². The minimum absolute atomic E-state index is 0.109. The fourth-order valence-electron chi connectivity index (χ4n) is 3.62. The number of nitrogens with zero attached hydrogens (tertiary/aromatic N) is 1. The zero-order valence-corrected chi connectivity index (χ0v) is 12.3. The number of carboxylic acid groups (broad SMARTS) is 1. The summed E-state index contributed by atoms with van der Waals surface area (Å²) in [5, 5.41) is 8.91. The van der Waals surface area contributed by atoms with Gasteiger partial charge in [0.1, 0.15) is 0 Å². The Hall–Kier alpha value is -1.39. The lowest BCUT2D eigenvalue weighted by Gasteiger charge is -2.36. The molecule has 2 atom stereocenters. The number of morpholine rings is 1. The van der Waals surface area contributed by atoms with E-state index < -0.39 is 5.97 Å². The van der Waals surface area contributed by atoms with E-state index >= 15 is 0 Å². The van der Waals surface area contributed by atoms with Crippen molar-refractivity contribution in [2.75, 3.05) is 26.2 Å². The quantitative estimate of drug-likeness (QED) is 0.924. The highest BCUT2D eigenvalue weighted by Gasteiger charge is 2.27. The normalized spacial score (nSPS) is 26.3. The molecule has 0 spiro atoms. The molecule has 3 rings (SSSR count). The van der Waals surface area contributed by atoms with Crippen molar-refractivity contribution in [3.8, 4) is 0 Å². The Kier molecular flexibility index (Phi) is 4.56. The maximum absolute atomic E-state index is 10.8. The number of hydrogen-bond acceptors (Lipinski definition) is 3. The molecule has 0 aromatic heterocycles. The maximum atomic E-state index is 10.8. The predicted molar refractivity (Wildman–Crippen MR) is 80.6 cm³/mol. The van der Waals surface area contributed by atoms with E-state index in [2.05, 4.69) is 29.2 Å². The van der Waals surface area contributed by atoms with E-state index in [9.17, 15) is 4.79 Å². The number of rotatable bonds is 4. The van der Waals surface area contributed by atoms with E-state index in [0.29, 0.717) is 12.5 Å². The molecule has 1 aromatic carbocycles. The van der Waals surface area contributed by atoms with Crippen molar-refractivity contribution in [1.29, 1.82) is 0 Å². The van der Waals surface area contributed by atoms with Crippen LogP contribution in [0.4, 0.5) is 0 Å². The molecule has 4 nitrogen and oxygen atoms in total. The lowest BCUT2D eigenvalue weighted by atomic mass is 9.82. The van der Waals surface area contributed by atoms with E-state index in [4.69, 9.17) is 9.84 Å². The average molecular weight is 289 g/mol. The summed E-state index contributed by atoms with van der Waals surface area (Å²) in [5.74, 6) is -0.191. The minimum Gasteiger partial charge on any atom is -0.481 e. The van der Waals surface area contributed by atoms with Crippen LogP contribution in [0, 0.1) is 0 Å². The van der Waals surface area contributed by atoms with Crippen LogP contribution < -0.4 is 0 Å². The van der Waals surface area contributed by atoms with Crippen molar-refractivity contribution in [1.82, 2.24) is 4.90 Å². The molecule has 0 radical (unpaired) electrons. The van der Waals surface area contributed by atoms with Gasteiger partial charge in [-0.05, 0) is 36.3 Å². The first-order valence-corrected chi connectivity index (χ1v) is 7.86. The fourth-order valence-corrected chi connectivity index (χ4v) is 3.62. The van der Waals surface area contributed by atoms with Gasteiger partial charge in [-0.2, -0.15) is 0 Å². The molecule has 1 aliphatic carbocycles. The third-order valence-corrected chi connectivity index (χ3v) is 4.60. The van der Waals surface area contributed by atoms with Crippen molar-refractivity contribution >= 4 is 5.97 Å². The summed E-state index contributed by atoms with van der Waals surface area (Å²) in [6, 6.07) is 8.75. The number of hydrogen-bond donors (Lipinski definition) is 1. The van der Waals surface area contributed by atoms with Gasteiger partial charge in [0.05, 0.1) is 19.1 Å². The molecule has 0 bridgehead atoms. The van der Waals surface area contributed by atoms with Gasteiger partial charge in [-0.15, -0.1) is 0 Å². The van der Waals surface area contributed by atoms with Crippen LogP contribution in [0.3, 0.4) is 0 Å². The van der Waals surface area contributed by atoms with Gasteiger partial charge >= 0.3 is 5.97 Å². The van der Waals surface area contributed by atoms with Gasteiger partial charge in [-0.3, -0.25) is 9.69 Å². The van der Waals surface area contributed by atoms with Crippen molar-refractivity contribution < 1.29 is 14.6 Å². The second kappa shape index (κ2) is 6.58. The van der Waals surface area contributed by atoms with E-state index in [1.54, 1.807) is 0 Å². The Morgan fingerprint density at radius 1 is 1.38 bits per heavy atom. The first-order chi connectivity index (χ1) is 10.2. The summed E-state index contributed by atoms with van der Waals surface area (Å²) >= 11 is 0. The molecule has 1 heterocycles. The molecule has 1 saturated heterocycles. The summed E-state index contributed by atoms with van der Waals surface area (Å²) in [6.07, 6.45) is 3.63. The first-order valence-electron chi connectivity index (χ1n) is 7.86. The predicted octanol–water partition coefficient (Wildman–Crippen LogP) is 2.28. The molecule has 114 valence electrons. The largest absolute Gasteiger partial charge is 0.481 e. The monoisotopic (exact) mass is 289 g/mol. The van der Waals surface area contributed by atoms with Crippen LogP contribution in [0.15, 0.2) is 24.3 Å². The highest BCUT2D eigenvalue weighted by Crippen LogP contribution is 2.32. The summed E-state index contributed by atoms with van der Waals surface area (Å²) in [5.41, 5.74) is 2.98. The Balaban J connectivity index is 1.63. The molecular weight excluding hydrogens is 266 g/mol. The lowest BCUT2D eigenvalue weighted by molar-refractivity contribution is -0.142. The van der Waals surface area contributed by atoms with Gasteiger partial charge < -0.3 is 9.84 Å². The standard InChI is InChI=1S/C17H23NO3/c19-17(20)10-15-12-18(8-9-21-15)11-14-6-3-5-13-4-1-2-7-16(13)14/h1-2,4,7,14-15H,3,5-6,8-12H2,(H,19,20). The van der Waals surface area contributed by atoms with Gasteiger partial charge in [0.2, 0.25) is 0 Å². The van der Waals surface area contributed by atoms with Crippen molar-refractivity contribution in [2.45, 2.75) is 37.7 Å². The van der Waals surface area contributed by atoms with Crippen LogP contribution in [0.5, 0.6) is 0 Å². The molecule has 1 aliphatic heterocycles. The number of carbonyl (C=O) groups is 1. The Morgan fingerprint density at radius 3 is 3.10 bits per heavy atom. The van der Waals surface area contributed by atoms with Gasteiger partial charge in [0.15, 0.2) is 0 Å². The highest BCUT2D eigenvalue weighted by molar-refractivity contribution is 5.67. The van der Waals surface area contributed by atoms with E-state index in [0.717, 1.165) is 19.6 Å². The molecule has 1 aromatic rings. The van der Waals surface area contributed by atoms with Crippen molar-refractivity contribution in [2.24, 2.45) is 0 Å². The molecule has 21 heavy (non-hydrogen) atoms. The third-order valence-electron chi connectivity index (χ3n) is 4.60.